The lowest BCUT2D eigenvalue weighted by Gasteiger charge is -2.24. The van der Waals surface area contributed by atoms with Gasteiger partial charge in [0, 0.05) is 24.5 Å². The number of nitrogens with zero attached hydrogens (tertiary/aromatic N) is 2. The third-order valence-corrected chi connectivity index (χ3v) is 5.21. The van der Waals surface area contributed by atoms with Crippen LogP contribution in [0, 0.1) is 0 Å². The molecule has 1 unspecified atom stereocenters. The molecule has 1 atom stereocenters. The number of hydrogen-bond acceptors (Lipinski definition) is 4. The fraction of sp³-hybridized carbons (Fsp3) is 0.643. The van der Waals surface area contributed by atoms with Gasteiger partial charge in [0.25, 0.3) is 0 Å². The smallest absolute Gasteiger partial charge is 0.237 e. The molecule has 0 saturated carbocycles. The zero-order valence-corrected chi connectivity index (χ0v) is 14.3. The minimum Gasteiger partial charge on any atom is -0.389 e. The van der Waals surface area contributed by atoms with Gasteiger partial charge in [0.05, 0.1) is 22.5 Å². The first-order valence-corrected chi connectivity index (χ1v) is 8.47. The first-order valence-electron chi connectivity index (χ1n) is 6.86. The molecule has 1 amide bonds. The lowest BCUT2D eigenvalue weighted by atomic mass is 10.1. The minimum atomic E-state index is -0.643. The van der Waals surface area contributed by atoms with Gasteiger partial charge in [-0.1, -0.05) is 0 Å². The lowest BCUT2D eigenvalue weighted by molar-refractivity contribution is -0.132. The van der Waals surface area contributed by atoms with Gasteiger partial charge in [0.15, 0.2) is 0 Å². The van der Waals surface area contributed by atoms with Crippen molar-refractivity contribution in [2.45, 2.75) is 32.4 Å². The molecular weight excluding hydrogens is 340 g/mol. The number of carbonyl (C=O) groups excluding carboxylic acids is 1. The van der Waals surface area contributed by atoms with Crippen molar-refractivity contribution in [2.24, 2.45) is 0 Å². The largest absolute Gasteiger partial charge is 0.389 e. The van der Waals surface area contributed by atoms with Gasteiger partial charge in [-0.15, -0.1) is 11.3 Å². The molecule has 1 aromatic heterocycles. The average Bonchev–Trinajstić information content (AvgIpc) is 2.92. The molecule has 6 heteroatoms. The summed E-state index contributed by atoms with van der Waals surface area (Å²) in [6, 6.07) is 4.06. The number of thiophene rings is 1. The molecule has 1 fully saturated rings. The molecule has 0 radical (unpaired) electrons. The average molecular weight is 361 g/mol. The summed E-state index contributed by atoms with van der Waals surface area (Å²) in [7, 11) is 0. The van der Waals surface area contributed by atoms with E-state index in [4.69, 9.17) is 0 Å². The summed E-state index contributed by atoms with van der Waals surface area (Å²) in [4.78, 5) is 17.4. The maximum Gasteiger partial charge on any atom is 0.237 e. The van der Waals surface area contributed by atoms with Crippen LogP contribution in [0.1, 0.15) is 25.1 Å². The first-order chi connectivity index (χ1) is 9.39. The van der Waals surface area contributed by atoms with Gasteiger partial charge >= 0.3 is 0 Å². The van der Waals surface area contributed by atoms with E-state index in [9.17, 15) is 9.90 Å². The predicted molar refractivity (Wildman–Crippen MR) is 84.8 cm³/mol. The van der Waals surface area contributed by atoms with E-state index < -0.39 is 5.60 Å². The normalized spacial score (nSPS) is 23.2. The highest BCUT2D eigenvalue weighted by molar-refractivity contribution is 9.11. The number of amides is 1. The van der Waals surface area contributed by atoms with Gasteiger partial charge in [-0.2, -0.15) is 0 Å². The van der Waals surface area contributed by atoms with Crippen LogP contribution in [0.25, 0.3) is 0 Å². The summed E-state index contributed by atoms with van der Waals surface area (Å²) in [6.07, 6.45) is 0.740. The summed E-state index contributed by atoms with van der Waals surface area (Å²) in [5.41, 5.74) is -0.643. The SMILES string of the molecule is CCN(Cc1ccc(Br)s1)C(=O)CN1CCC(C)(O)C1. The van der Waals surface area contributed by atoms with E-state index in [1.54, 1.807) is 11.3 Å². The van der Waals surface area contributed by atoms with Crippen LogP contribution in [0.4, 0.5) is 0 Å². The van der Waals surface area contributed by atoms with Gasteiger partial charge in [0.2, 0.25) is 5.91 Å². The Hall–Kier alpha value is -0.430. The van der Waals surface area contributed by atoms with Gasteiger partial charge in [0.1, 0.15) is 0 Å². The van der Waals surface area contributed by atoms with Crippen LogP contribution in [0.2, 0.25) is 0 Å². The monoisotopic (exact) mass is 360 g/mol. The van der Waals surface area contributed by atoms with E-state index in [0.29, 0.717) is 26.2 Å². The number of hydrogen-bond donors (Lipinski definition) is 1. The van der Waals surface area contributed by atoms with E-state index in [1.807, 2.05) is 35.8 Å². The topological polar surface area (TPSA) is 43.8 Å². The second kappa shape index (κ2) is 6.56. The van der Waals surface area contributed by atoms with E-state index in [1.165, 1.54) is 4.88 Å². The van der Waals surface area contributed by atoms with Gasteiger partial charge in [-0.25, -0.2) is 0 Å². The van der Waals surface area contributed by atoms with Crippen molar-refractivity contribution in [1.29, 1.82) is 0 Å². The van der Waals surface area contributed by atoms with Gasteiger partial charge in [-0.3, -0.25) is 9.69 Å². The van der Waals surface area contributed by atoms with Crippen molar-refractivity contribution in [3.8, 4) is 0 Å². The summed E-state index contributed by atoms with van der Waals surface area (Å²) < 4.78 is 1.09. The van der Waals surface area contributed by atoms with Crippen molar-refractivity contribution in [1.82, 2.24) is 9.80 Å². The van der Waals surface area contributed by atoms with Crippen LogP contribution >= 0.6 is 27.3 Å². The Bertz CT molecular complexity index is 475. The Morgan fingerprint density at radius 2 is 2.35 bits per heavy atom. The molecule has 0 bridgehead atoms. The Balaban J connectivity index is 1.89. The molecule has 112 valence electrons. The van der Waals surface area contributed by atoms with Gasteiger partial charge < -0.3 is 10.0 Å². The second-order valence-corrected chi connectivity index (χ2v) is 8.12. The highest BCUT2D eigenvalue weighted by Crippen LogP contribution is 2.24. The number of carbonyl (C=O) groups is 1. The van der Waals surface area contributed by atoms with Crippen molar-refractivity contribution >= 4 is 33.2 Å². The number of aliphatic hydroxyl groups is 1. The molecule has 2 rings (SSSR count). The van der Waals surface area contributed by atoms with Crippen LogP contribution < -0.4 is 0 Å². The Morgan fingerprint density at radius 1 is 1.60 bits per heavy atom. The lowest BCUT2D eigenvalue weighted by Crippen LogP contribution is -2.40. The summed E-state index contributed by atoms with van der Waals surface area (Å²) in [5.74, 6) is 0.134. The quantitative estimate of drug-likeness (QED) is 0.876. The highest BCUT2D eigenvalue weighted by atomic mass is 79.9. The minimum absolute atomic E-state index is 0.134. The third kappa shape index (κ3) is 4.28. The van der Waals surface area contributed by atoms with Crippen molar-refractivity contribution in [3.05, 3.63) is 20.8 Å². The molecule has 4 nitrogen and oxygen atoms in total. The summed E-state index contributed by atoms with van der Waals surface area (Å²) in [6.45, 7) is 6.98. The molecular formula is C14H21BrN2O2S. The zero-order valence-electron chi connectivity index (χ0n) is 11.9. The molecule has 1 aromatic rings. The van der Waals surface area contributed by atoms with Crippen molar-refractivity contribution in [3.63, 3.8) is 0 Å². The highest BCUT2D eigenvalue weighted by Gasteiger charge is 2.32. The molecule has 1 N–H and O–H groups in total. The Morgan fingerprint density at radius 3 is 2.85 bits per heavy atom. The van der Waals surface area contributed by atoms with E-state index in [-0.39, 0.29) is 5.91 Å². The summed E-state index contributed by atoms with van der Waals surface area (Å²) in [5, 5.41) is 9.94. The van der Waals surface area contributed by atoms with Crippen LogP contribution in [0.3, 0.4) is 0 Å². The summed E-state index contributed by atoms with van der Waals surface area (Å²) >= 11 is 5.10. The molecule has 1 aliphatic heterocycles. The van der Waals surface area contributed by atoms with Crippen LogP contribution in [-0.2, 0) is 11.3 Å². The number of rotatable bonds is 5. The fourth-order valence-corrected chi connectivity index (χ4v) is 3.97. The number of likely N-dealkylation sites (N-methyl/N-ethyl adjacent to an activating group) is 1. The van der Waals surface area contributed by atoms with E-state index in [0.717, 1.165) is 16.8 Å². The number of β-amino-alcohol motifs (C(OH)–C–C–N with tert-alkyl or cyclic N) is 1. The molecule has 1 saturated heterocycles. The maximum atomic E-state index is 12.3. The van der Waals surface area contributed by atoms with Crippen molar-refractivity contribution in [2.75, 3.05) is 26.2 Å². The van der Waals surface area contributed by atoms with Crippen LogP contribution in [0.15, 0.2) is 15.9 Å². The van der Waals surface area contributed by atoms with Crippen molar-refractivity contribution < 1.29 is 9.90 Å². The number of halogens is 1. The second-order valence-electron chi connectivity index (χ2n) is 5.57. The molecule has 20 heavy (non-hydrogen) atoms. The van der Waals surface area contributed by atoms with Crippen LogP contribution in [0.5, 0.6) is 0 Å². The molecule has 0 spiro atoms. The van der Waals surface area contributed by atoms with E-state index in [2.05, 4.69) is 15.9 Å². The number of likely N-dealkylation sites (tertiary alicyclic amines) is 1. The van der Waals surface area contributed by atoms with Crippen LogP contribution in [-0.4, -0.2) is 52.6 Å². The van der Waals surface area contributed by atoms with Gasteiger partial charge in [-0.05, 0) is 48.3 Å². The molecule has 0 aromatic carbocycles. The zero-order chi connectivity index (χ0) is 14.8. The standard InChI is InChI=1S/C14H21BrN2O2S/c1-3-17(8-11-4-5-12(15)20-11)13(18)9-16-7-6-14(2,19)10-16/h4-5,19H,3,6-10H2,1-2H3. The fourth-order valence-electron chi connectivity index (χ4n) is 2.47. The molecule has 1 aliphatic rings. The predicted octanol–water partition coefficient (Wildman–Crippen LogP) is 2.32. The first kappa shape index (κ1) is 15.9. The Kier molecular flexibility index (Phi) is 5.23. The third-order valence-electron chi connectivity index (χ3n) is 3.60. The van der Waals surface area contributed by atoms with E-state index >= 15 is 0 Å². The molecule has 0 aliphatic carbocycles. The maximum absolute atomic E-state index is 12.3. The Labute approximate surface area is 132 Å². The molecule has 2 heterocycles.